The highest BCUT2D eigenvalue weighted by Gasteiger charge is 2.35. The summed E-state index contributed by atoms with van der Waals surface area (Å²) < 4.78 is 65.6. The molecule has 3 nitrogen and oxygen atoms in total. The Labute approximate surface area is 153 Å². The molecule has 27 heavy (non-hydrogen) atoms. The summed E-state index contributed by atoms with van der Waals surface area (Å²) in [5, 5.41) is 0. The van der Waals surface area contributed by atoms with Crippen molar-refractivity contribution < 1.29 is 26.7 Å². The van der Waals surface area contributed by atoms with Crippen LogP contribution in [0.25, 0.3) is 0 Å². The number of carbonyl (C=O) groups is 1. The Hall–Kier alpha value is -2.48. The molecule has 1 heterocycles. The molecule has 8 heteroatoms. The van der Waals surface area contributed by atoms with Crippen molar-refractivity contribution in [1.82, 2.24) is 4.90 Å². The number of amides is 1. The molecule has 1 aliphatic rings. The minimum Gasteiger partial charge on any atom is -0.310 e. The summed E-state index contributed by atoms with van der Waals surface area (Å²) in [4.78, 5) is 15.7. The molecule has 0 radical (unpaired) electrons. The summed E-state index contributed by atoms with van der Waals surface area (Å²) >= 11 is 0. The maximum absolute atomic E-state index is 13.9. The fourth-order valence-electron chi connectivity index (χ4n) is 3.11. The number of rotatable bonds is 3. The molecule has 0 N–H and O–H groups in total. The van der Waals surface area contributed by atoms with Crippen molar-refractivity contribution in [3.63, 3.8) is 0 Å². The topological polar surface area (TPSA) is 23.6 Å². The van der Waals surface area contributed by atoms with Crippen LogP contribution >= 0.6 is 0 Å². The first kappa shape index (κ1) is 19.3. The van der Waals surface area contributed by atoms with Gasteiger partial charge in [-0.05, 0) is 31.2 Å². The van der Waals surface area contributed by atoms with Crippen molar-refractivity contribution in [2.45, 2.75) is 25.7 Å². The van der Waals surface area contributed by atoms with Gasteiger partial charge >= 0.3 is 6.18 Å². The summed E-state index contributed by atoms with van der Waals surface area (Å²) in [5.74, 6) is -1.76. The fourth-order valence-corrected chi connectivity index (χ4v) is 3.11. The van der Waals surface area contributed by atoms with Crippen LogP contribution in [0.4, 0.5) is 27.6 Å². The highest BCUT2D eigenvalue weighted by molar-refractivity contribution is 5.97. The molecular formula is C19H17F5N2O. The zero-order valence-corrected chi connectivity index (χ0v) is 14.4. The molecule has 144 valence electrons. The number of piperazine rings is 1. The van der Waals surface area contributed by atoms with Crippen LogP contribution < -0.4 is 4.90 Å². The van der Waals surface area contributed by atoms with Crippen LogP contribution in [0.1, 0.15) is 18.1 Å². The Balaban J connectivity index is 1.77. The minimum atomic E-state index is -4.49. The van der Waals surface area contributed by atoms with Gasteiger partial charge in [-0.1, -0.05) is 12.1 Å². The number of nitrogens with zero attached hydrogens (tertiary/aromatic N) is 2. The van der Waals surface area contributed by atoms with E-state index >= 15 is 0 Å². The lowest BCUT2D eigenvalue weighted by Crippen LogP contribution is -2.55. The molecule has 0 bridgehead atoms. The van der Waals surface area contributed by atoms with Crippen LogP contribution in [0.5, 0.6) is 0 Å². The molecule has 1 amide bonds. The van der Waals surface area contributed by atoms with E-state index < -0.39 is 29.4 Å². The quantitative estimate of drug-likeness (QED) is 0.740. The third-order valence-electron chi connectivity index (χ3n) is 4.66. The first-order valence-corrected chi connectivity index (χ1v) is 8.33. The fraction of sp³-hybridized carbons (Fsp3) is 0.316. The molecule has 1 atom stereocenters. The van der Waals surface area contributed by atoms with E-state index in [1.165, 1.54) is 23.1 Å². The van der Waals surface area contributed by atoms with Gasteiger partial charge in [-0.3, -0.25) is 9.69 Å². The molecule has 0 unspecified atom stereocenters. The average Bonchev–Trinajstić information content (AvgIpc) is 2.60. The molecule has 3 rings (SSSR count). The third-order valence-corrected chi connectivity index (χ3v) is 4.66. The summed E-state index contributed by atoms with van der Waals surface area (Å²) in [7, 11) is 0. The average molecular weight is 384 g/mol. The number of hydrogen-bond acceptors (Lipinski definition) is 2. The van der Waals surface area contributed by atoms with Crippen molar-refractivity contribution in [3.8, 4) is 0 Å². The van der Waals surface area contributed by atoms with Gasteiger partial charge in [0.25, 0.3) is 0 Å². The van der Waals surface area contributed by atoms with Gasteiger partial charge < -0.3 is 4.90 Å². The van der Waals surface area contributed by atoms with E-state index in [0.717, 1.165) is 24.3 Å². The summed E-state index contributed by atoms with van der Waals surface area (Å²) in [6.07, 6.45) is -4.49. The van der Waals surface area contributed by atoms with Gasteiger partial charge in [-0.2, -0.15) is 13.2 Å². The summed E-state index contributed by atoms with van der Waals surface area (Å²) in [6, 6.07) is 7.19. The smallest absolute Gasteiger partial charge is 0.310 e. The van der Waals surface area contributed by atoms with Crippen molar-refractivity contribution in [3.05, 3.63) is 65.2 Å². The molecule has 1 fully saturated rings. The first-order valence-electron chi connectivity index (χ1n) is 8.33. The number of benzene rings is 2. The number of anilines is 1. The standard InChI is InChI=1S/C19H17F5N2O/c1-12-18(27)26(16-4-2-3-14(9-16)19(22,23)24)8-7-25(12)11-13-5-6-15(20)10-17(13)21/h2-6,9-10,12H,7-8,11H2,1H3/t12-/m1/s1. The van der Waals surface area contributed by atoms with E-state index in [-0.39, 0.29) is 30.2 Å². The van der Waals surface area contributed by atoms with E-state index in [1.807, 2.05) is 0 Å². The van der Waals surface area contributed by atoms with Crippen LogP contribution in [0.3, 0.4) is 0 Å². The van der Waals surface area contributed by atoms with Gasteiger partial charge in [-0.25, -0.2) is 8.78 Å². The molecule has 0 aromatic heterocycles. The zero-order valence-electron chi connectivity index (χ0n) is 14.4. The number of alkyl halides is 3. The molecule has 1 aliphatic heterocycles. The van der Waals surface area contributed by atoms with Crippen molar-refractivity contribution in [2.75, 3.05) is 18.0 Å². The number of hydrogen-bond donors (Lipinski definition) is 0. The van der Waals surface area contributed by atoms with Gasteiger partial charge in [0, 0.05) is 37.0 Å². The van der Waals surface area contributed by atoms with Crippen molar-refractivity contribution >= 4 is 11.6 Å². The van der Waals surface area contributed by atoms with E-state index in [1.54, 1.807) is 11.8 Å². The normalized spacial score (nSPS) is 18.8. The largest absolute Gasteiger partial charge is 0.416 e. The molecule has 2 aromatic rings. The van der Waals surface area contributed by atoms with Gasteiger partial charge in [0.15, 0.2) is 0 Å². The Kier molecular flexibility index (Phi) is 5.19. The second kappa shape index (κ2) is 7.26. The maximum Gasteiger partial charge on any atom is 0.416 e. The predicted molar refractivity (Wildman–Crippen MR) is 90.0 cm³/mol. The second-order valence-corrected chi connectivity index (χ2v) is 6.42. The number of carbonyl (C=O) groups excluding carboxylic acids is 1. The number of halogens is 5. The van der Waals surface area contributed by atoms with Gasteiger partial charge in [0.1, 0.15) is 11.6 Å². The molecule has 0 saturated carbocycles. The van der Waals surface area contributed by atoms with Crippen molar-refractivity contribution in [2.24, 2.45) is 0 Å². The Morgan fingerprint density at radius 2 is 1.81 bits per heavy atom. The van der Waals surface area contributed by atoms with Gasteiger partial charge in [-0.15, -0.1) is 0 Å². The Morgan fingerprint density at radius 3 is 2.48 bits per heavy atom. The molecule has 2 aromatic carbocycles. The lowest BCUT2D eigenvalue weighted by atomic mass is 10.1. The Bertz CT molecular complexity index is 852. The van der Waals surface area contributed by atoms with Crippen molar-refractivity contribution in [1.29, 1.82) is 0 Å². The molecular weight excluding hydrogens is 367 g/mol. The van der Waals surface area contributed by atoms with Crippen LogP contribution in [0.2, 0.25) is 0 Å². The SMILES string of the molecule is C[C@@H]1C(=O)N(c2cccc(C(F)(F)F)c2)CCN1Cc1ccc(F)cc1F. The highest BCUT2D eigenvalue weighted by Crippen LogP contribution is 2.32. The van der Waals surface area contributed by atoms with E-state index in [2.05, 4.69) is 0 Å². The minimum absolute atomic E-state index is 0.107. The lowest BCUT2D eigenvalue weighted by molar-refractivity contribution is -0.137. The zero-order chi connectivity index (χ0) is 19.8. The van der Waals surface area contributed by atoms with Crippen LogP contribution in [-0.2, 0) is 17.5 Å². The maximum atomic E-state index is 13.9. The first-order chi connectivity index (χ1) is 12.7. The van der Waals surface area contributed by atoms with E-state index in [9.17, 15) is 26.7 Å². The van der Waals surface area contributed by atoms with Crippen LogP contribution in [0, 0.1) is 11.6 Å². The van der Waals surface area contributed by atoms with E-state index in [0.29, 0.717) is 6.54 Å². The van der Waals surface area contributed by atoms with E-state index in [4.69, 9.17) is 0 Å². The molecule has 0 aliphatic carbocycles. The van der Waals surface area contributed by atoms with Gasteiger partial charge in [0.2, 0.25) is 5.91 Å². The molecule has 1 saturated heterocycles. The predicted octanol–water partition coefficient (Wildman–Crippen LogP) is 4.22. The van der Waals surface area contributed by atoms with Crippen LogP contribution in [0.15, 0.2) is 42.5 Å². The third kappa shape index (κ3) is 4.10. The summed E-state index contributed by atoms with van der Waals surface area (Å²) in [6.45, 7) is 2.24. The molecule has 0 spiro atoms. The van der Waals surface area contributed by atoms with Crippen LogP contribution in [-0.4, -0.2) is 29.9 Å². The summed E-state index contributed by atoms with van der Waals surface area (Å²) in [5.41, 5.74) is -0.394. The second-order valence-electron chi connectivity index (χ2n) is 6.42. The highest BCUT2D eigenvalue weighted by atomic mass is 19.4. The lowest BCUT2D eigenvalue weighted by Gasteiger charge is -2.39. The Morgan fingerprint density at radius 1 is 1.07 bits per heavy atom. The monoisotopic (exact) mass is 384 g/mol. The van der Waals surface area contributed by atoms with Gasteiger partial charge in [0.05, 0.1) is 11.6 Å².